The standard InChI is InChI=1S/C24H26F3N3O5/c1-15(2)8-9-18-19(35-17-7-4-6-16(12-17)24(25,26)27)13-28-21-20(18)22(32)30(23(33)29(21)3)10-5-11-34-14-31/h4,6-7,12-15H,5,8-11H2,1-3H3. The Bertz CT molecular complexity index is 1330. The van der Waals surface area contributed by atoms with E-state index in [1.54, 1.807) is 0 Å². The van der Waals surface area contributed by atoms with Gasteiger partial charge in [0.05, 0.1) is 23.8 Å². The molecule has 0 spiro atoms. The lowest BCUT2D eigenvalue weighted by Crippen LogP contribution is -2.40. The summed E-state index contributed by atoms with van der Waals surface area (Å²) in [5.41, 5.74) is -1.43. The van der Waals surface area contributed by atoms with Gasteiger partial charge >= 0.3 is 11.9 Å². The van der Waals surface area contributed by atoms with E-state index in [9.17, 15) is 27.6 Å². The van der Waals surface area contributed by atoms with Crippen LogP contribution >= 0.6 is 0 Å². The van der Waals surface area contributed by atoms with Crippen LogP contribution in [0.3, 0.4) is 0 Å². The van der Waals surface area contributed by atoms with E-state index < -0.39 is 23.0 Å². The highest BCUT2D eigenvalue weighted by Crippen LogP contribution is 2.34. The van der Waals surface area contributed by atoms with Gasteiger partial charge in [0.1, 0.15) is 17.1 Å². The lowest BCUT2D eigenvalue weighted by Gasteiger charge is -2.17. The van der Waals surface area contributed by atoms with E-state index in [1.807, 2.05) is 13.8 Å². The van der Waals surface area contributed by atoms with Gasteiger partial charge in [-0.3, -0.25) is 18.7 Å². The SMILES string of the molecule is CC(C)CCc1c(Oc2cccc(C(F)(F)F)c2)cnc2c1c(=O)n(CCCOC=O)c(=O)n2C. The number of carbonyl (C=O) groups excluding carboxylic acids is 1. The van der Waals surface area contributed by atoms with Crippen LogP contribution in [0.4, 0.5) is 13.2 Å². The number of hydrogen-bond acceptors (Lipinski definition) is 6. The monoisotopic (exact) mass is 493 g/mol. The number of halogens is 3. The van der Waals surface area contributed by atoms with Crippen molar-refractivity contribution < 1.29 is 27.4 Å². The van der Waals surface area contributed by atoms with Crippen molar-refractivity contribution in [3.8, 4) is 11.5 Å². The molecule has 3 aromatic rings. The van der Waals surface area contributed by atoms with Crippen LogP contribution in [0.1, 0.15) is 37.8 Å². The number of benzene rings is 1. The minimum atomic E-state index is -4.54. The summed E-state index contributed by atoms with van der Waals surface area (Å²) in [4.78, 5) is 40.8. The van der Waals surface area contributed by atoms with E-state index in [1.165, 1.54) is 29.9 Å². The second kappa shape index (κ2) is 10.7. The Balaban J connectivity index is 2.17. The van der Waals surface area contributed by atoms with Crippen molar-refractivity contribution in [2.45, 2.75) is 45.8 Å². The molecule has 3 rings (SSSR count). The maximum Gasteiger partial charge on any atom is 0.416 e. The molecule has 0 aliphatic heterocycles. The van der Waals surface area contributed by atoms with Gasteiger partial charge in [-0.1, -0.05) is 19.9 Å². The number of alkyl halides is 3. The van der Waals surface area contributed by atoms with Gasteiger partial charge in [0.2, 0.25) is 0 Å². The molecule has 0 radical (unpaired) electrons. The first-order valence-corrected chi connectivity index (χ1v) is 11.1. The van der Waals surface area contributed by atoms with Gasteiger partial charge in [0.25, 0.3) is 12.0 Å². The number of nitrogens with zero attached hydrogens (tertiary/aromatic N) is 3. The highest BCUT2D eigenvalue weighted by atomic mass is 19.4. The molecule has 1 aromatic carbocycles. The second-order valence-corrected chi connectivity index (χ2v) is 8.48. The number of aromatic nitrogens is 3. The van der Waals surface area contributed by atoms with Gasteiger partial charge in [0.15, 0.2) is 0 Å². The number of rotatable bonds is 10. The van der Waals surface area contributed by atoms with Crippen LogP contribution in [0.25, 0.3) is 11.0 Å². The molecule has 0 atom stereocenters. The van der Waals surface area contributed by atoms with Gasteiger partial charge in [-0.15, -0.1) is 0 Å². The van der Waals surface area contributed by atoms with E-state index in [0.29, 0.717) is 18.4 Å². The lowest BCUT2D eigenvalue weighted by molar-refractivity contribution is -0.137. The average molecular weight is 493 g/mol. The fourth-order valence-corrected chi connectivity index (χ4v) is 3.68. The molecule has 0 aliphatic carbocycles. The summed E-state index contributed by atoms with van der Waals surface area (Å²) in [5, 5.41) is 0.161. The molecule has 11 heteroatoms. The van der Waals surface area contributed by atoms with Crippen molar-refractivity contribution in [3.05, 3.63) is 62.4 Å². The lowest BCUT2D eigenvalue weighted by atomic mass is 10.0. The van der Waals surface area contributed by atoms with E-state index >= 15 is 0 Å². The summed E-state index contributed by atoms with van der Waals surface area (Å²) in [6.45, 7) is 4.33. The fraction of sp³-hybridized carbons (Fsp3) is 0.417. The van der Waals surface area contributed by atoms with Crippen molar-refractivity contribution >= 4 is 17.5 Å². The van der Waals surface area contributed by atoms with E-state index in [2.05, 4.69) is 9.72 Å². The van der Waals surface area contributed by atoms with E-state index in [-0.39, 0.29) is 54.5 Å². The molecular formula is C24H26F3N3O5. The summed E-state index contributed by atoms with van der Waals surface area (Å²) >= 11 is 0. The van der Waals surface area contributed by atoms with Crippen LogP contribution in [-0.2, 0) is 35.7 Å². The summed E-state index contributed by atoms with van der Waals surface area (Å²) in [5.74, 6) is 0.349. The number of fused-ring (bicyclic) bond motifs is 1. The minimum absolute atomic E-state index is 0.0115. The third kappa shape index (κ3) is 5.90. The number of carbonyl (C=O) groups is 1. The molecule has 0 saturated carbocycles. The van der Waals surface area contributed by atoms with Crippen LogP contribution in [0.5, 0.6) is 11.5 Å². The third-order valence-electron chi connectivity index (χ3n) is 5.49. The molecule has 8 nitrogen and oxygen atoms in total. The topological polar surface area (TPSA) is 92.4 Å². The van der Waals surface area contributed by atoms with Crippen molar-refractivity contribution in [2.75, 3.05) is 6.61 Å². The van der Waals surface area contributed by atoms with Crippen LogP contribution in [-0.4, -0.2) is 27.2 Å². The third-order valence-corrected chi connectivity index (χ3v) is 5.49. The van der Waals surface area contributed by atoms with Gasteiger partial charge in [-0.25, -0.2) is 9.78 Å². The van der Waals surface area contributed by atoms with Crippen LogP contribution in [0.15, 0.2) is 40.1 Å². The Kier molecular flexibility index (Phi) is 7.98. The summed E-state index contributed by atoms with van der Waals surface area (Å²) in [7, 11) is 1.48. The Hall–Kier alpha value is -3.63. The van der Waals surface area contributed by atoms with Gasteiger partial charge in [-0.2, -0.15) is 13.2 Å². The zero-order chi connectivity index (χ0) is 25.8. The normalized spacial score (nSPS) is 11.7. The molecule has 0 saturated heterocycles. The number of hydrogen-bond donors (Lipinski definition) is 0. The molecule has 188 valence electrons. The highest BCUT2D eigenvalue weighted by molar-refractivity contribution is 5.80. The maximum absolute atomic E-state index is 13.4. The van der Waals surface area contributed by atoms with Crippen molar-refractivity contribution in [1.82, 2.24) is 14.1 Å². The number of ether oxygens (including phenoxy) is 2. The van der Waals surface area contributed by atoms with Crippen LogP contribution in [0.2, 0.25) is 0 Å². The molecule has 0 amide bonds. The predicted molar refractivity (Wildman–Crippen MR) is 123 cm³/mol. The first-order valence-electron chi connectivity index (χ1n) is 11.1. The minimum Gasteiger partial charge on any atom is -0.468 e. The second-order valence-electron chi connectivity index (χ2n) is 8.48. The van der Waals surface area contributed by atoms with Gasteiger partial charge in [-0.05, 0) is 43.4 Å². The zero-order valence-electron chi connectivity index (χ0n) is 19.6. The van der Waals surface area contributed by atoms with Crippen molar-refractivity contribution in [2.24, 2.45) is 13.0 Å². The van der Waals surface area contributed by atoms with E-state index in [4.69, 9.17) is 4.74 Å². The Morgan fingerprint density at radius 3 is 2.60 bits per heavy atom. The molecule has 2 heterocycles. The molecule has 0 fully saturated rings. The van der Waals surface area contributed by atoms with Gasteiger partial charge in [0, 0.05) is 19.2 Å². The zero-order valence-corrected chi connectivity index (χ0v) is 19.6. The first kappa shape index (κ1) is 26.0. The van der Waals surface area contributed by atoms with E-state index in [0.717, 1.165) is 16.7 Å². The predicted octanol–water partition coefficient (Wildman–Crippen LogP) is 4.06. The van der Waals surface area contributed by atoms with Crippen LogP contribution < -0.4 is 16.0 Å². The van der Waals surface area contributed by atoms with Crippen LogP contribution in [0, 0.1) is 5.92 Å². The quantitative estimate of drug-likeness (QED) is 0.313. The summed E-state index contributed by atoms with van der Waals surface area (Å²) < 4.78 is 52.2. The van der Waals surface area contributed by atoms with Gasteiger partial charge < -0.3 is 9.47 Å². The molecular weight excluding hydrogens is 467 g/mol. The molecule has 0 aliphatic rings. The average Bonchev–Trinajstić information content (AvgIpc) is 2.80. The summed E-state index contributed by atoms with van der Waals surface area (Å²) in [6, 6.07) is 4.44. The number of aryl methyl sites for hydroxylation is 2. The van der Waals surface area contributed by atoms with Crippen molar-refractivity contribution in [1.29, 1.82) is 0 Å². The Labute approximate surface area is 198 Å². The smallest absolute Gasteiger partial charge is 0.416 e. The largest absolute Gasteiger partial charge is 0.468 e. The highest BCUT2D eigenvalue weighted by Gasteiger charge is 2.31. The number of pyridine rings is 1. The molecule has 2 aromatic heterocycles. The molecule has 0 unspecified atom stereocenters. The Morgan fingerprint density at radius 1 is 1.20 bits per heavy atom. The molecule has 0 bridgehead atoms. The molecule has 0 N–H and O–H groups in total. The Morgan fingerprint density at radius 2 is 1.94 bits per heavy atom. The fourth-order valence-electron chi connectivity index (χ4n) is 3.68. The maximum atomic E-state index is 13.4. The summed E-state index contributed by atoms with van der Waals surface area (Å²) in [6.07, 6.45) is -1.94. The van der Waals surface area contributed by atoms with Crippen molar-refractivity contribution in [3.63, 3.8) is 0 Å². The first-order chi connectivity index (χ1) is 16.5. The molecule has 35 heavy (non-hydrogen) atoms.